The number of rotatable bonds is 6. The lowest BCUT2D eigenvalue weighted by molar-refractivity contribution is -0.0841. The molecule has 2 aromatic rings. The van der Waals surface area contributed by atoms with Gasteiger partial charge in [0.2, 0.25) is 5.82 Å². The third-order valence-electron chi connectivity index (χ3n) is 3.43. The summed E-state index contributed by atoms with van der Waals surface area (Å²) in [6, 6.07) is 8.20. The minimum Gasteiger partial charge on any atom is -0.363 e. The third-order valence-corrected chi connectivity index (χ3v) is 4.33. The lowest BCUT2D eigenvalue weighted by Gasteiger charge is -2.38. The smallest absolute Gasteiger partial charge is 0.252 e. The maximum Gasteiger partial charge on any atom is 0.252 e. The molecule has 0 radical (unpaired) electrons. The molecule has 0 unspecified atom stereocenters. The SMILES string of the molecule is CCSc1ccc(-c2noc(COC3(C)CNC3)n2)cc1. The number of nitrogens with zero attached hydrogens (tertiary/aromatic N) is 2. The highest BCUT2D eigenvalue weighted by atomic mass is 32.2. The van der Waals surface area contributed by atoms with Gasteiger partial charge in [0.05, 0.1) is 5.60 Å². The highest BCUT2D eigenvalue weighted by molar-refractivity contribution is 7.99. The van der Waals surface area contributed by atoms with Crippen LogP contribution in [0.3, 0.4) is 0 Å². The normalized spacial score (nSPS) is 16.7. The molecular weight excluding hydrogens is 286 g/mol. The van der Waals surface area contributed by atoms with Crippen molar-refractivity contribution in [2.45, 2.75) is 31.0 Å². The van der Waals surface area contributed by atoms with Gasteiger partial charge in [-0.1, -0.05) is 12.1 Å². The van der Waals surface area contributed by atoms with E-state index >= 15 is 0 Å². The van der Waals surface area contributed by atoms with Crippen LogP contribution in [0, 0.1) is 0 Å². The zero-order chi connectivity index (χ0) is 14.7. The van der Waals surface area contributed by atoms with Gasteiger partial charge in [-0.05, 0) is 36.9 Å². The van der Waals surface area contributed by atoms with E-state index in [1.807, 2.05) is 23.9 Å². The highest BCUT2D eigenvalue weighted by Crippen LogP contribution is 2.23. The molecule has 6 heteroatoms. The second kappa shape index (κ2) is 6.17. The Labute approximate surface area is 128 Å². The molecule has 5 nitrogen and oxygen atoms in total. The van der Waals surface area contributed by atoms with E-state index in [4.69, 9.17) is 9.26 Å². The summed E-state index contributed by atoms with van der Waals surface area (Å²) in [6.45, 7) is 6.30. The van der Waals surface area contributed by atoms with E-state index in [1.165, 1.54) is 4.90 Å². The molecule has 1 aliphatic heterocycles. The molecule has 0 spiro atoms. The van der Waals surface area contributed by atoms with Gasteiger partial charge in [0.15, 0.2) is 0 Å². The number of ether oxygens (including phenoxy) is 1. The second-order valence-corrected chi connectivity index (χ2v) is 6.65. The summed E-state index contributed by atoms with van der Waals surface area (Å²) >= 11 is 1.81. The second-order valence-electron chi connectivity index (χ2n) is 5.31. The van der Waals surface area contributed by atoms with Crippen LogP contribution < -0.4 is 5.32 Å². The van der Waals surface area contributed by atoms with Gasteiger partial charge in [0.25, 0.3) is 5.89 Å². The largest absolute Gasteiger partial charge is 0.363 e. The lowest BCUT2D eigenvalue weighted by Crippen LogP contribution is -2.58. The van der Waals surface area contributed by atoms with E-state index in [0.717, 1.165) is 24.4 Å². The Morgan fingerprint density at radius 2 is 2.10 bits per heavy atom. The van der Waals surface area contributed by atoms with Crippen molar-refractivity contribution in [2.24, 2.45) is 0 Å². The minimum absolute atomic E-state index is 0.104. The van der Waals surface area contributed by atoms with Gasteiger partial charge in [0, 0.05) is 23.5 Å². The first-order valence-electron chi connectivity index (χ1n) is 7.09. The average molecular weight is 305 g/mol. The van der Waals surface area contributed by atoms with E-state index in [9.17, 15) is 0 Å². The fourth-order valence-electron chi connectivity index (χ4n) is 2.11. The topological polar surface area (TPSA) is 60.2 Å². The van der Waals surface area contributed by atoms with Crippen molar-refractivity contribution in [3.63, 3.8) is 0 Å². The molecule has 0 amide bonds. The first-order valence-corrected chi connectivity index (χ1v) is 8.07. The van der Waals surface area contributed by atoms with Gasteiger partial charge >= 0.3 is 0 Å². The number of nitrogens with one attached hydrogen (secondary N) is 1. The van der Waals surface area contributed by atoms with Crippen LogP contribution in [0.4, 0.5) is 0 Å². The van der Waals surface area contributed by atoms with E-state index < -0.39 is 0 Å². The maximum atomic E-state index is 5.79. The van der Waals surface area contributed by atoms with Crippen LogP contribution in [0.15, 0.2) is 33.7 Å². The van der Waals surface area contributed by atoms with Crippen molar-refractivity contribution in [1.82, 2.24) is 15.5 Å². The van der Waals surface area contributed by atoms with Gasteiger partial charge in [-0.25, -0.2) is 0 Å². The molecule has 1 aromatic carbocycles. The third kappa shape index (κ3) is 3.45. The maximum absolute atomic E-state index is 5.79. The van der Waals surface area contributed by atoms with Crippen LogP contribution in [0.2, 0.25) is 0 Å². The number of thioether (sulfide) groups is 1. The number of hydrogen-bond donors (Lipinski definition) is 1. The summed E-state index contributed by atoms with van der Waals surface area (Å²) in [6.07, 6.45) is 0. The monoisotopic (exact) mass is 305 g/mol. The number of benzene rings is 1. The Morgan fingerprint density at radius 1 is 1.33 bits per heavy atom. The van der Waals surface area contributed by atoms with Crippen molar-refractivity contribution in [1.29, 1.82) is 0 Å². The van der Waals surface area contributed by atoms with Crippen molar-refractivity contribution in [2.75, 3.05) is 18.8 Å². The Bertz CT molecular complexity index is 593. The van der Waals surface area contributed by atoms with Crippen molar-refractivity contribution in [3.05, 3.63) is 30.2 Å². The summed E-state index contributed by atoms with van der Waals surface area (Å²) < 4.78 is 11.0. The molecule has 0 bridgehead atoms. The standard InChI is InChI=1S/C15H19N3O2S/c1-3-21-12-6-4-11(5-7-12)14-17-13(20-18-14)8-19-15(2)9-16-10-15/h4-7,16H,3,8-10H2,1-2H3. The van der Waals surface area contributed by atoms with Gasteiger partial charge in [-0.2, -0.15) is 4.98 Å². The summed E-state index contributed by atoms with van der Waals surface area (Å²) in [7, 11) is 0. The van der Waals surface area contributed by atoms with Crippen LogP contribution in [0.5, 0.6) is 0 Å². The Hall–Kier alpha value is -1.37. The Balaban J connectivity index is 1.63. The van der Waals surface area contributed by atoms with Gasteiger partial charge < -0.3 is 14.6 Å². The van der Waals surface area contributed by atoms with Crippen molar-refractivity contribution in [3.8, 4) is 11.4 Å². The summed E-state index contributed by atoms with van der Waals surface area (Å²) in [5.74, 6) is 2.19. The van der Waals surface area contributed by atoms with E-state index in [1.54, 1.807) is 0 Å². The van der Waals surface area contributed by atoms with E-state index in [-0.39, 0.29) is 5.60 Å². The van der Waals surface area contributed by atoms with Gasteiger partial charge in [0.1, 0.15) is 6.61 Å². The molecule has 0 aliphatic carbocycles. The van der Waals surface area contributed by atoms with Gasteiger partial charge in [-0.3, -0.25) is 0 Å². The average Bonchev–Trinajstić information content (AvgIpc) is 2.93. The van der Waals surface area contributed by atoms with Crippen LogP contribution in [0.25, 0.3) is 11.4 Å². The van der Waals surface area contributed by atoms with Crippen molar-refractivity contribution >= 4 is 11.8 Å². The predicted molar refractivity (Wildman–Crippen MR) is 82.2 cm³/mol. The van der Waals surface area contributed by atoms with Crippen molar-refractivity contribution < 1.29 is 9.26 Å². The molecule has 1 fully saturated rings. The first kappa shape index (κ1) is 14.6. The fraction of sp³-hybridized carbons (Fsp3) is 0.467. The molecule has 0 atom stereocenters. The summed E-state index contributed by atoms with van der Waals surface area (Å²) in [5, 5.41) is 7.21. The molecule has 1 N–H and O–H groups in total. The van der Waals surface area contributed by atoms with Crippen LogP contribution >= 0.6 is 11.8 Å². The van der Waals surface area contributed by atoms with E-state index in [0.29, 0.717) is 18.3 Å². The highest BCUT2D eigenvalue weighted by Gasteiger charge is 2.33. The molecule has 112 valence electrons. The lowest BCUT2D eigenvalue weighted by atomic mass is 10.0. The summed E-state index contributed by atoms with van der Waals surface area (Å²) in [5.41, 5.74) is 0.857. The Kier molecular flexibility index (Phi) is 4.28. The quantitative estimate of drug-likeness (QED) is 0.828. The molecule has 1 saturated heterocycles. The molecule has 1 aromatic heterocycles. The van der Waals surface area contributed by atoms with Crippen LogP contribution in [-0.4, -0.2) is 34.6 Å². The molecule has 0 saturated carbocycles. The zero-order valence-electron chi connectivity index (χ0n) is 12.3. The molecule has 21 heavy (non-hydrogen) atoms. The van der Waals surface area contributed by atoms with E-state index in [2.05, 4.69) is 41.4 Å². The summed E-state index contributed by atoms with van der Waals surface area (Å²) in [4.78, 5) is 5.64. The zero-order valence-corrected chi connectivity index (χ0v) is 13.1. The molecular formula is C15H19N3O2S. The van der Waals surface area contributed by atoms with Crippen LogP contribution in [-0.2, 0) is 11.3 Å². The minimum atomic E-state index is -0.104. The molecule has 2 heterocycles. The number of hydrogen-bond acceptors (Lipinski definition) is 6. The first-order chi connectivity index (χ1) is 10.2. The fourth-order valence-corrected chi connectivity index (χ4v) is 2.77. The van der Waals surface area contributed by atoms with Gasteiger partial charge in [-0.15, -0.1) is 11.8 Å². The molecule has 3 rings (SSSR count). The predicted octanol–water partition coefficient (Wildman–Crippen LogP) is 2.73. The molecule has 1 aliphatic rings. The number of aromatic nitrogens is 2. The Morgan fingerprint density at radius 3 is 2.71 bits per heavy atom. The van der Waals surface area contributed by atoms with Crippen LogP contribution in [0.1, 0.15) is 19.7 Å².